The molecule has 0 radical (unpaired) electrons. The largest absolute Gasteiger partial charge is 0.353 e. The van der Waals surface area contributed by atoms with Crippen molar-refractivity contribution in [1.82, 2.24) is 4.57 Å². The Morgan fingerprint density at radius 2 is 2.36 bits per heavy atom. The van der Waals surface area contributed by atoms with Crippen molar-refractivity contribution in [1.29, 1.82) is 0 Å². The van der Waals surface area contributed by atoms with Crippen molar-refractivity contribution in [3.05, 3.63) is 24.0 Å². The molecule has 1 aliphatic carbocycles. The molecule has 0 aromatic carbocycles. The summed E-state index contributed by atoms with van der Waals surface area (Å²) in [4.78, 5) is 0. The average Bonchev–Trinajstić information content (AvgIpc) is 2.74. The van der Waals surface area contributed by atoms with Crippen LogP contribution >= 0.6 is 0 Å². The molecule has 0 amide bonds. The fourth-order valence-corrected chi connectivity index (χ4v) is 1.52. The molecule has 1 atom stereocenters. The highest BCUT2D eigenvalue weighted by Crippen LogP contribution is 2.39. The van der Waals surface area contributed by atoms with Gasteiger partial charge in [0.2, 0.25) is 0 Å². The molecular weight excluding hydrogens is 136 g/mol. The highest BCUT2D eigenvalue weighted by molar-refractivity contribution is 5.13. The molecule has 2 nitrogen and oxygen atoms in total. The Hall–Kier alpha value is -0.760. The Kier molecular flexibility index (Phi) is 1.50. The zero-order valence-electron chi connectivity index (χ0n) is 6.83. The number of hydrogen-bond donors (Lipinski definition) is 1. The molecule has 0 bridgehead atoms. The zero-order chi connectivity index (χ0) is 7.84. The molecule has 60 valence electrons. The van der Waals surface area contributed by atoms with Crippen LogP contribution in [0.25, 0.3) is 0 Å². The van der Waals surface area contributed by atoms with Gasteiger partial charge < -0.3 is 10.3 Å². The maximum absolute atomic E-state index is 6.02. The minimum atomic E-state index is 0.273. The van der Waals surface area contributed by atoms with Gasteiger partial charge in [0.15, 0.2) is 0 Å². The van der Waals surface area contributed by atoms with Crippen molar-refractivity contribution in [2.24, 2.45) is 18.7 Å². The molecule has 1 fully saturated rings. The summed E-state index contributed by atoms with van der Waals surface area (Å²) in [7, 11) is 2.05. The fourth-order valence-electron chi connectivity index (χ4n) is 1.52. The third-order valence-electron chi connectivity index (χ3n) is 2.46. The van der Waals surface area contributed by atoms with E-state index in [0.717, 1.165) is 5.92 Å². The number of hydrogen-bond acceptors (Lipinski definition) is 1. The molecule has 1 aromatic rings. The summed E-state index contributed by atoms with van der Waals surface area (Å²) >= 11 is 0. The van der Waals surface area contributed by atoms with Crippen molar-refractivity contribution in [2.45, 2.75) is 18.9 Å². The van der Waals surface area contributed by atoms with Crippen LogP contribution in [-0.4, -0.2) is 4.57 Å². The van der Waals surface area contributed by atoms with E-state index in [9.17, 15) is 0 Å². The second kappa shape index (κ2) is 2.38. The van der Waals surface area contributed by atoms with E-state index in [-0.39, 0.29) is 6.04 Å². The van der Waals surface area contributed by atoms with Gasteiger partial charge in [-0.05, 0) is 30.9 Å². The Morgan fingerprint density at radius 1 is 1.64 bits per heavy atom. The van der Waals surface area contributed by atoms with Crippen molar-refractivity contribution in [3.8, 4) is 0 Å². The Labute approximate surface area is 67.0 Å². The van der Waals surface area contributed by atoms with Crippen LogP contribution < -0.4 is 5.73 Å². The maximum Gasteiger partial charge on any atom is 0.0478 e. The number of aromatic nitrogens is 1. The fraction of sp³-hybridized carbons (Fsp3) is 0.556. The molecule has 1 heterocycles. The minimum Gasteiger partial charge on any atom is -0.353 e. The maximum atomic E-state index is 6.02. The number of rotatable bonds is 2. The van der Waals surface area contributed by atoms with Crippen molar-refractivity contribution < 1.29 is 0 Å². The Balaban J connectivity index is 2.20. The van der Waals surface area contributed by atoms with Crippen LogP contribution in [0.15, 0.2) is 18.3 Å². The molecule has 0 aliphatic heterocycles. The standard InChI is InChI=1S/C9H14N2/c1-11-6-2-3-8(11)9(10)7-4-5-7/h2-3,6-7,9H,4-5,10H2,1H3/t9-/m0/s1. The van der Waals surface area contributed by atoms with E-state index >= 15 is 0 Å². The van der Waals surface area contributed by atoms with Gasteiger partial charge in [-0.2, -0.15) is 0 Å². The Bertz CT molecular complexity index is 248. The second-order valence-corrected chi connectivity index (χ2v) is 3.41. The first-order valence-electron chi connectivity index (χ1n) is 4.16. The summed E-state index contributed by atoms with van der Waals surface area (Å²) in [5.74, 6) is 0.753. The zero-order valence-corrected chi connectivity index (χ0v) is 6.83. The van der Waals surface area contributed by atoms with Crippen molar-refractivity contribution in [2.75, 3.05) is 0 Å². The van der Waals surface area contributed by atoms with E-state index in [0.29, 0.717) is 0 Å². The smallest absolute Gasteiger partial charge is 0.0478 e. The van der Waals surface area contributed by atoms with Crippen LogP contribution in [0.2, 0.25) is 0 Å². The predicted octanol–water partition coefficient (Wildman–Crippen LogP) is 1.43. The lowest BCUT2D eigenvalue weighted by Crippen LogP contribution is -2.15. The lowest BCUT2D eigenvalue weighted by molar-refractivity contribution is 0.589. The van der Waals surface area contributed by atoms with E-state index in [1.807, 2.05) is 0 Å². The molecule has 2 heteroatoms. The van der Waals surface area contributed by atoms with Crippen LogP contribution in [-0.2, 0) is 7.05 Å². The van der Waals surface area contributed by atoms with Crippen molar-refractivity contribution >= 4 is 0 Å². The van der Waals surface area contributed by atoms with Crippen LogP contribution in [0.4, 0.5) is 0 Å². The van der Waals surface area contributed by atoms with Gasteiger partial charge in [-0.1, -0.05) is 0 Å². The number of nitrogens with two attached hydrogens (primary N) is 1. The van der Waals surface area contributed by atoms with E-state index in [1.165, 1.54) is 18.5 Å². The summed E-state index contributed by atoms with van der Waals surface area (Å²) < 4.78 is 2.11. The summed E-state index contributed by atoms with van der Waals surface area (Å²) in [6, 6.07) is 4.44. The van der Waals surface area contributed by atoms with Gasteiger partial charge in [0.05, 0.1) is 0 Å². The SMILES string of the molecule is Cn1cccc1[C@@H](N)C1CC1. The molecular formula is C9H14N2. The van der Waals surface area contributed by atoms with Gasteiger partial charge in [-0.15, -0.1) is 0 Å². The number of aryl methyl sites for hydroxylation is 1. The van der Waals surface area contributed by atoms with E-state index in [4.69, 9.17) is 5.73 Å². The normalized spacial score (nSPS) is 20.2. The first-order chi connectivity index (χ1) is 5.29. The van der Waals surface area contributed by atoms with E-state index in [2.05, 4.69) is 29.9 Å². The summed E-state index contributed by atoms with van der Waals surface area (Å²) in [5, 5.41) is 0. The molecule has 0 unspecified atom stereocenters. The quantitative estimate of drug-likeness (QED) is 0.679. The van der Waals surface area contributed by atoms with E-state index in [1.54, 1.807) is 0 Å². The third kappa shape index (κ3) is 1.18. The van der Waals surface area contributed by atoms with Gasteiger partial charge in [-0.25, -0.2) is 0 Å². The van der Waals surface area contributed by atoms with Crippen LogP contribution in [0.3, 0.4) is 0 Å². The summed E-state index contributed by atoms with van der Waals surface area (Å²) in [6.07, 6.45) is 4.68. The lowest BCUT2D eigenvalue weighted by Gasteiger charge is -2.10. The molecule has 0 saturated heterocycles. The van der Waals surface area contributed by atoms with Crippen LogP contribution in [0.5, 0.6) is 0 Å². The first kappa shape index (κ1) is 6.92. The van der Waals surface area contributed by atoms with Gasteiger partial charge in [-0.3, -0.25) is 0 Å². The topological polar surface area (TPSA) is 30.9 Å². The van der Waals surface area contributed by atoms with Crippen LogP contribution in [0.1, 0.15) is 24.6 Å². The third-order valence-corrected chi connectivity index (χ3v) is 2.46. The van der Waals surface area contributed by atoms with E-state index < -0.39 is 0 Å². The predicted molar refractivity (Wildman–Crippen MR) is 45.1 cm³/mol. The van der Waals surface area contributed by atoms with Gasteiger partial charge >= 0.3 is 0 Å². The average molecular weight is 150 g/mol. The lowest BCUT2D eigenvalue weighted by atomic mass is 10.1. The van der Waals surface area contributed by atoms with Crippen LogP contribution in [0, 0.1) is 5.92 Å². The highest BCUT2D eigenvalue weighted by Gasteiger charge is 2.30. The molecule has 1 aliphatic rings. The summed E-state index contributed by atoms with van der Waals surface area (Å²) in [6.45, 7) is 0. The molecule has 2 N–H and O–H groups in total. The second-order valence-electron chi connectivity index (χ2n) is 3.41. The molecule has 0 spiro atoms. The Morgan fingerprint density at radius 3 is 2.82 bits per heavy atom. The van der Waals surface area contributed by atoms with Gasteiger partial charge in [0.1, 0.15) is 0 Å². The van der Waals surface area contributed by atoms with Crippen molar-refractivity contribution in [3.63, 3.8) is 0 Å². The molecule has 11 heavy (non-hydrogen) atoms. The van der Waals surface area contributed by atoms with Gasteiger partial charge in [0, 0.05) is 25.0 Å². The summed E-state index contributed by atoms with van der Waals surface area (Å²) in [5.41, 5.74) is 7.30. The molecule has 2 rings (SSSR count). The van der Waals surface area contributed by atoms with Gasteiger partial charge in [0.25, 0.3) is 0 Å². The number of nitrogens with zero attached hydrogens (tertiary/aromatic N) is 1. The monoisotopic (exact) mass is 150 g/mol. The molecule has 1 saturated carbocycles. The highest BCUT2D eigenvalue weighted by atomic mass is 15.0. The first-order valence-corrected chi connectivity index (χ1v) is 4.16. The minimum absolute atomic E-state index is 0.273. The molecule has 1 aromatic heterocycles.